The van der Waals surface area contributed by atoms with Gasteiger partial charge in [0.15, 0.2) is 0 Å². The minimum absolute atomic E-state index is 0.0677. The number of ether oxygens (including phenoxy) is 1. The van der Waals surface area contributed by atoms with Crippen LogP contribution in [0.5, 0.6) is 5.75 Å². The van der Waals surface area contributed by atoms with E-state index >= 15 is 0 Å². The van der Waals surface area contributed by atoms with E-state index in [1.165, 1.54) is 4.90 Å². The van der Waals surface area contributed by atoms with Crippen molar-refractivity contribution in [2.75, 3.05) is 21.2 Å². The van der Waals surface area contributed by atoms with Crippen molar-refractivity contribution in [1.29, 1.82) is 5.41 Å². The summed E-state index contributed by atoms with van der Waals surface area (Å²) < 4.78 is 5.32. The second kappa shape index (κ2) is 7.83. The maximum atomic E-state index is 12.1. The second-order valence-corrected chi connectivity index (χ2v) is 7.19. The summed E-state index contributed by atoms with van der Waals surface area (Å²) in [7, 11) is 5.08. The number of H-pyrrole nitrogens is 1. The first-order valence-corrected chi connectivity index (χ1v) is 9.51. The van der Waals surface area contributed by atoms with Gasteiger partial charge in [0.05, 0.1) is 18.5 Å². The summed E-state index contributed by atoms with van der Waals surface area (Å²) in [6, 6.07) is 18.8. The molecule has 30 heavy (non-hydrogen) atoms. The van der Waals surface area contributed by atoms with Gasteiger partial charge in [0.2, 0.25) is 0 Å². The molecule has 2 aromatic heterocycles. The van der Waals surface area contributed by atoms with Crippen LogP contribution < -0.4 is 4.74 Å². The average Bonchev–Trinajstić information content (AvgIpc) is 3.22. The Hall–Kier alpha value is -3.93. The Kier molecular flexibility index (Phi) is 5.06. The lowest BCUT2D eigenvalue weighted by atomic mass is 10.0. The van der Waals surface area contributed by atoms with Crippen LogP contribution in [0.2, 0.25) is 0 Å². The SMILES string of the molecule is COc1cccc(-c2cc3c(C(=N)c4ccc(C(=O)N(C)C)cc4)nccc3[nH]2)c1. The third-order valence-corrected chi connectivity index (χ3v) is 4.99. The zero-order valence-electron chi connectivity index (χ0n) is 17.1. The van der Waals surface area contributed by atoms with Gasteiger partial charge in [-0.3, -0.25) is 15.2 Å². The smallest absolute Gasteiger partial charge is 0.253 e. The fraction of sp³-hybridized carbons (Fsp3) is 0.125. The lowest BCUT2D eigenvalue weighted by Gasteiger charge is -2.11. The summed E-state index contributed by atoms with van der Waals surface area (Å²) >= 11 is 0. The Bertz CT molecular complexity index is 1240. The highest BCUT2D eigenvalue weighted by Gasteiger charge is 2.15. The lowest BCUT2D eigenvalue weighted by molar-refractivity contribution is 0.0827. The lowest BCUT2D eigenvalue weighted by Crippen LogP contribution is -2.21. The highest BCUT2D eigenvalue weighted by atomic mass is 16.5. The van der Waals surface area contributed by atoms with Gasteiger partial charge < -0.3 is 14.6 Å². The van der Waals surface area contributed by atoms with E-state index in [1.54, 1.807) is 51.7 Å². The Balaban J connectivity index is 1.71. The number of fused-ring (bicyclic) bond motifs is 1. The van der Waals surface area contributed by atoms with Crippen LogP contribution in [0.3, 0.4) is 0 Å². The molecule has 2 N–H and O–H groups in total. The van der Waals surface area contributed by atoms with E-state index in [1.807, 2.05) is 36.4 Å². The van der Waals surface area contributed by atoms with Crippen molar-refractivity contribution in [3.63, 3.8) is 0 Å². The third kappa shape index (κ3) is 3.55. The van der Waals surface area contributed by atoms with Crippen LogP contribution in [0.15, 0.2) is 66.9 Å². The van der Waals surface area contributed by atoms with Crippen LogP contribution in [0.1, 0.15) is 21.6 Å². The first-order chi connectivity index (χ1) is 14.5. The summed E-state index contributed by atoms with van der Waals surface area (Å²) in [4.78, 5) is 21.5. The molecule has 2 aromatic carbocycles. The molecule has 4 rings (SSSR count). The van der Waals surface area contributed by atoms with Crippen molar-refractivity contribution in [2.45, 2.75) is 0 Å². The van der Waals surface area contributed by atoms with E-state index in [0.717, 1.165) is 27.9 Å². The zero-order valence-corrected chi connectivity index (χ0v) is 17.1. The second-order valence-electron chi connectivity index (χ2n) is 7.19. The van der Waals surface area contributed by atoms with E-state index in [-0.39, 0.29) is 5.91 Å². The molecule has 0 aliphatic heterocycles. The molecule has 1 amide bonds. The van der Waals surface area contributed by atoms with Crippen LogP contribution in [0.4, 0.5) is 0 Å². The predicted molar refractivity (Wildman–Crippen MR) is 118 cm³/mol. The third-order valence-electron chi connectivity index (χ3n) is 4.99. The molecule has 6 nitrogen and oxygen atoms in total. The summed E-state index contributed by atoms with van der Waals surface area (Å²) in [5.41, 5.74) is 5.01. The normalized spacial score (nSPS) is 10.8. The molecule has 4 aromatic rings. The number of nitrogens with one attached hydrogen (secondary N) is 2. The molecular formula is C24H22N4O2. The Morgan fingerprint density at radius 2 is 1.77 bits per heavy atom. The van der Waals surface area contributed by atoms with Gasteiger partial charge in [0.25, 0.3) is 5.91 Å². The van der Waals surface area contributed by atoms with Gasteiger partial charge in [-0.05, 0) is 36.4 Å². The van der Waals surface area contributed by atoms with E-state index in [2.05, 4.69) is 9.97 Å². The summed E-state index contributed by atoms with van der Waals surface area (Å²) in [6.07, 6.45) is 1.70. The number of rotatable bonds is 5. The van der Waals surface area contributed by atoms with Crippen LogP contribution in [0, 0.1) is 5.41 Å². The minimum Gasteiger partial charge on any atom is -0.497 e. The number of nitrogens with zero attached hydrogens (tertiary/aromatic N) is 2. The van der Waals surface area contributed by atoms with Crippen molar-refractivity contribution < 1.29 is 9.53 Å². The van der Waals surface area contributed by atoms with E-state index in [4.69, 9.17) is 10.1 Å². The van der Waals surface area contributed by atoms with Crippen LogP contribution in [-0.4, -0.2) is 47.7 Å². The predicted octanol–water partition coefficient (Wildman–Crippen LogP) is 4.36. The van der Waals surface area contributed by atoms with E-state index < -0.39 is 0 Å². The summed E-state index contributed by atoms with van der Waals surface area (Å²) in [5, 5.41) is 9.57. The number of hydrogen-bond donors (Lipinski definition) is 2. The van der Waals surface area contributed by atoms with E-state index in [0.29, 0.717) is 22.5 Å². The molecule has 0 aliphatic carbocycles. The van der Waals surface area contributed by atoms with E-state index in [9.17, 15) is 4.79 Å². The molecule has 6 heteroatoms. The fourth-order valence-corrected chi connectivity index (χ4v) is 3.37. The summed E-state index contributed by atoms with van der Waals surface area (Å²) in [5.74, 6) is 0.714. The maximum absolute atomic E-state index is 12.1. The quantitative estimate of drug-likeness (QED) is 0.490. The number of hydrogen-bond acceptors (Lipinski definition) is 4. The van der Waals surface area contributed by atoms with Crippen LogP contribution in [-0.2, 0) is 0 Å². The molecule has 0 radical (unpaired) electrons. The minimum atomic E-state index is -0.0677. The van der Waals surface area contributed by atoms with Gasteiger partial charge in [-0.1, -0.05) is 24.3 Å². The zero-order chi connectivity index (χ0) is 21.3. The van der Waals surface area contributed by atoms with Crippen molar-refractivity contribution >= 4 is 22.5 Å². The molecule has 150 valence electrons. The number of pyridine rings is 1. The molecule has 0 fully saturated rings. The molecular weight excluding hydrogens is 376 g/mol. The van der Waals surface area contributed by atoms with Gasteiger partial charge in [-0.25, -0.2) is 0 Å². The molecule has 0 unspecified atom stereocenters. The molecule has 0 spiro atoms. The van der Waals surface area contributed by atoms with Gasteiger partial charge in [0, 0.05) is 53.6 Å². The van der Waals surface area contributed by atoms with Gasteiger partial charge in [-0.15, -0.1) is 0 Å². The van der Waals surface area contributed by atoms with Crippen molar-refractivity contribution in [3.8, 4) is 17.0 Å². The summed E-state index contributed by atoms with van der Waals surface area (Å²) in [6.45, 7) is 0. The van der Waals surface area contributed by atoms with Gasteiger partial charge >= 0.3 is 0 Å². The van der Waals surface area contributed by atoms with Crippen molar-refractivity contribution in [3.05, 3.63) is 83.7 Å². The average molecular weight is 398 g/mol. The molecule has 0 aliphatic rings. The van der Waals surface area contributed by atoms with Crippen molar-refractivity contribution in [1.82, 2.24) is 14.9 Å². The largest absolute Gasteiger partial charge is 0.497 e. The van der Waals surface area contributed by atoms with Gasteiger partial charge in [-0.2, -0.15) is 0 Å². The highest BCUT2D eigenvalue weighted by Crippen LogP contribution is 2.28. The Labute approximate surface area is 174 Å². The molecule has 0 atom stereocenters. The number of aromatic nitrogens is 2. The number of amides is 1. The number of benzene rings is 2. The highest BCUT2D eigenvalue weighted by molar-refractivity contribution is 6.16. The first-order valence-electron chi connectivity index (χ1n) is 9.51. The maximum Gasteiger partial charge on any atom is 0.253 e. The number of methoxy groups -OCH3 is 1. The standard InChI is InChI=1S/C24H22N4O2/c1-28(2)24(29)16-9-7-15(8-10-16)22(25)23-19-14-21(27-20(19)11-12-26-23)17-5-4-6-18(13-17)30-3/h4-14,25,27H,1-3H3. The fourth-order valence-electron chi connectivity index (χ4n) is 3.37. The Morgan fingerprint density at radius 1 is 1.03 bits per heavy atom. The van der Waals surface area contributed by atoms with Crippen LogP contribution in [0.25, 0.3) is 22.2 Å². The monoisotopic (exact) mass is 398 g/mol. The molecule has 0 saturated carbocycles. The Morgan fingerprint density at radius 3 is 2.47 bits per heavy atom. The molecule has 0 saturated heterocycles. The number of carbonyl (C=O) groups is 1. The first kappa shape index (κ1) is 19.4. The van der Waals surface area contributed by atoms with Gasteiger partial charge in [0.1, 0.15) is 5.75 Å². The van der Waals surface area contributed by atoms with Crippen molar-refractivity contribution in [2.24, 2.45) is 0 Å². The van der Waals surface area contributed by atoms with Crippen LogP contribution >= 0.6 is 0 Å². The number of aromatic amines is 1. The topological polar surface area (TPSA) is 82.1 Å². The number of carbonyl (C=O) groups excluding carboxylic acids is 1. The molecule has 2 heterocycles. The molecule has 0 bridgehead atoms.